The number of hydrogen-bond acceptors (Lipinski definition) is 7. The number of nitrogens with two attached hydrogens (primary N) is 1. The maximum atomic E-state index is 11.8. The van der Waals surface area contributed by atoms with E-state index in [2.05, 4.69) is 4.98 Å². The minimum Gasteiger partial charge on any atom is -0.459 e. The maximum absolute atomic E-state index is 11.8. The quantitative estimate of drug-likeness (QED) is 0.685. The molecule has 2 rings (SSSR count). The number of H-pyrrole nitrogens is 1. The Balaban J connectivity index is 0.00000288. The number of aryl methyl sites for hydroxylation is 1. The lowest BCUT2D eigenvalue weighted by molar-refractivity contribution is -0.161. The van der Waals surface area contributed by atoms with Crippen molar-refractivity contribution in [3.8, 4) is 0 Å². The number of halogens is 1. The fraction of sp³-hybridized carbons (Fsp3) is 0.643. The third-order valence-corrected chi connectivity index (χ3v) is 3.54. The molecule has 10 heteroatoms. The van der Waals surface area contributed by atoms with E-state index in [1.807, 2.05) is 13.8 Å². The van der Waals surface area contributed by atoms with Gasteiger partial charge in [-0.25, -0.2) is 4.79 Å². The molecule has 1 aromatic heterocycles. The zero-order valence-corrected chi connectivity index (χ0v) is 14.5. The lowest BCUT2D eigenvalue weighted by Crippen LogP contribution is -2.38. The molecule has 1 fully saturated rings. The molecular formula is C14H22ClN3O6. The molecule has 3 atom stereocenters. The molecule has 0 unspecified atom stereocenters. The molecule has 24 heavy (non-hydrogen) atoms. The van der Waals surface area contributed by atoms with E-state index in [0.717, 1.165) is 0 Å². The number of carbonyl (C=O) groups is 1. The zero-order chi connectivity index (χ0) is 17.1. The largest absolute Gasteiger partial charge is 0.459 e. The van der Waals surface area contributed by atoms with Crippen molar-refractivity contribution >= 4 is 18.4 Å². The lowest BCUT2D eigenvalue weighted by Gasteiger charge is -2.17. The summed E-state index contributed by atoms with van der Waals surface area (Å²) in [5, 5.41) is 0. The molecule has 0 aromatic carbocycles. The van der Waals surface area contributed by atoms with Crippen LogP contribution in [0.2, 0.25) is 0 Å². The molecule has 3 N–H and O–H groups in total. The fourth-order valence-electron chi connectivity index (χ4n) is 2.00. The van der Waals surface area contributed by atoms with Crippen molar-refractivity contribution in [1.82, 2.24) is 9.55 Å². The standard InChI is InChI=1S/C14H21N3O6.ClH/c1-7(2)11(15)13(19)22-6-10-21-5-9(23-10)17-4-8(3)12(18)16-14(17)20;/h4,7,9-11H,5-6,15H2,1-3H3,(H,16,18,20);1H/t9-,10-,11-;/m1./s1. The highest BCUT2D eigenvalue weighted by atomic mass is 35.5. The van der Waals surface area contributed by atoms with Crippen LogP contribution in [0.3, 0.4) is 0 Å². The molecule has 1 aliphatic heterocycles. The van der Waals surface area contributed by atoms with Crippen molar-refractivity contribution < 1.29 is 19.0 Å². The normalized spacial score (nSPS) is 21.4. The molecule has 0 radical (unpaired) electrons. The molecular weight excluding hydrogens is 342 g/mol. The Morgan fingerprint density at radius 2 is 2.17 bits per heavy atom. The summed E-state index contributed by atoms with van der Waals surface area (Å²) >= 11 is 0. The number of nitrogens with one attached hydrogen (secondary N) is 1. The number of aromatic nitrogens is 2. The monoisotopic (exact) mass is 363 g/mol. The highest BCUT2D eigenvalue weighted by Gasteiger charge is 2.30. The average Bonchev–Trinajstić information content (AvgIpc) is 2.96. The summed E-state index contributed by atoms with van der Waals surface area (Å²) in [4.78, 5) is 37.0. The summed E-state index contributed by atoms with van der Waals surface area (Å²) in [6, 6.07) is -0.711. The second kappa shape index (κ2) is 8.43. The third kappa shape index (κ3) is 4.67. The first-order valence-corrected chi connectivity index (χ1v) is 7.31. The molecule has 0 saturated carbocycles. The second-order valence-electron chi connectivity index (χ2n) is 5.73. The van der Waals surface area contributed by atoms with Crippen molar-refractivity contribution in [3.63, 3.8) is 0 Å². The van der Waals surface area contributed by atoms with Crippen LogP contribution in [-0.4, -0.2) is 41.1 Å². The van der Waals surface area contributed by atoms with Crippen LogP contribution < -0.4 is 17.0 Å². The highest BCUT2D eigenvalue weighted by Crippen LogP contribution is 2.19. The van der Waals surface area contributed by atoms with E-state index in [4.69, 9.17) is 19.9 Å². The summed E-state index contributed by atoms with van der Waals surface area (Å²) in [5.74, 6) is -0.573. The Labute approximate surface area is 144 Å². The lowest BCUT2D eigenvalue weighted by atomic mass is 10.1. The molecule has 2 heterocycles. The number of nitrogens with zero attached hydrogens (tertiary/aromatic N) is 1. The predicted molar refractivity (Wildman–Crippen MR) is 86.9 cm³/mol. The van der Waals surface area contributed by atoms with Crippen LogP contribution in [0.5, 0.6) is 0 Å². The van der Waals surface area contributed by atoms with Gasteiger partial charge in [-0.15, -0.1) is 12.4 Å². The van der Waals surface area contributed by atoms with Crippen LogP contribution in [0.25, 0.3) is 0 Å². The van der Waals surface area contributed by atoms with Crippen LogP contribution in [0, 0.1) is 12.8 Å². The van der Waals surface area contributed by atoms with Crippen LogP contribution in [-0.2, 0) is 19.0 Å². The minimum atomic E-state index is -0.789. The van der Waals surface area contributed by atoms with Gasteiger partial charge < -0.3 is 19.9 Å². The fourth-order valence-corrected chi connectivity index (χ4v) is 2.00. The van der Waals surface area contributed by atoms with Gasteiger partial charge in [0.2, 0.25) is 0 Å². The Morgan fingerprint density at radius 1 is 1.50 bits per heavy atom. The number of esters is 1. The Morgan fingerprint density at radius 3 is 2.79 bits per heavy atom. The second-order valence-corrected chi connectivity index (χ2v) is 5.73. The highest BCUT2D eigenvalue weighted by molar-refractivity contribution is 5.85. The van der Waals surface area contributed by atoms with E-state index >= 15 is 0 Å². The number of hydrogen-bond donors (Lipinski definition) is 2. The maximum Gasteiger partial charge on any atom is 0.330 e. The van der Waals surface area contributed by atoms with Crippen molar-refractivity contribution in [3.05, 3.63) is 32.6 Å². The van der Waals surface area contributed by atoms with E-state index in [1.54, 1.807) is 6.92 Å². The molecule has 136 valence electrons. The van der Waals surface area contributed by atoms with E-state index in [-0.39, 0.29) is 31.5 Å². The van der Waals surface area contributed by atoms with Gasteiger partial charge in [-0.2, -0.15) is 0 Å². The van der Waals surface area contributed by atoms with Gasteiger partial charge in [-0.1, -0.05) is 13.8 Å². The summed E-state index contributed by atoms with van der Waals surface area (Å²) in [5.41, 5.74) is 5.02. The zero-order valence-electron chi connectivity index (χ0n) is 13.7. The van der Waals surface area contributed by atoms with Crippen molar-refractivity contribution in [2.45, 2.75) is 39.3 Å². The van der Waals surface area contributed by atoms with Crippen LogP contribution in [0.15, 0.2) is 15.8 Å². The predicted octanol–water partition coefficient (Wildman–Crippen LogP) is -0.335. The van der Waals surface area contributed by atoms with E-state index in [1.165, 1.54) is 10.8 Å². The Kier molecular flexibility index (Phi) is 7.15. The van der Waals surface area contributed by atoms with Crippen LogP contribution >= 0.6 is 12.4 Å². The van der Waals surface area contributed by atoms with Gasteiger partial charge in [0.15, 0.2) is 12.5 Å². The molecule has 1 aromatic rings. The molecule has 0 spiro atoms. The van der Waals surface area contributed by atoms with Gasteiger partial charge >= 0.3 is 11.7 Å². The Bertz CT molecular complexity index is 686. The van der Waals surface area contributed by atoms with E-state index in [0.29, 0.717) is 5.56 Å². The molecule has 0 aliphatic carbocycles. The molecule has 1 aliphatic rings. The summed E-state index contributed by atoms with van der Waals surface area (Å²) < 4.78 is 17.1. The van der Waals surface area contributed by atoms with Gasteiger partial charge in [0.1, 0.15) is 12.6 Å². The number of carbonyl (C=O) groups excluding carboxylic acids is 1. The van der Waals surface area contributed by atoms with Gasteiger partial charge in [-0.05, 0) is 12.8 Å². The number of aromatic amines is 1. The van der Waals surface area contributed by atoms with Crippen molar-refractivity contribution in [1.29, 1.82) is 0 Å². The van der Waals surface area contributed by atoms with Gasteiger partial charge in [0, 0.05) is 11.8 Å². The topological polar surface area (TPSA) is 126 Å². The SMILES string of the molecule is Cc1cn([C@H]2CO[C@@H](COC(=O)[C@H](N)C(C)C)O2)c(=O)[nH]c1=O.Cl. The smallest absolute Gasteiger partial charge is 0.330 e. The average molecular weight is 364 g/mol. The first kappa shape index (κ1) is 20.4. The van der Waals surface area contributed by atoms with Gasteiger partial charge in [0.05, 0.1) is 6.61 Å². The molecule has 9 nitrogen and oxygen atoms in total. The first-order chi connectivity index (χ1) is 10.8. The van der Waals surface area contributed by atoms with Crippen molar-refractivity contribution in [2.75, 3.05) is 13.2 Å². The first-order valence-electron chi connectivity index (χ1n) is 7.31. The van der Waals surface area contributed by atoms with Crippen LogP contribution in [0.4, 0.5) is 0 Å². The van der Waals surface area contributed by atoms with E-state index in [9.17, 15) is 14.4 Å². The molecule has 1 saturated heterocycles. The summed E-state index contributed by atoms with van der Waals surface area (Å²) in [6.45, 7) is 5.19. The van der Waals surface area contributed by atoms with E-state index < -0.39 is 35.8 Å². The molecule has 0 bridgehead atoms. The summed E-state index contributed by atoms with van der Waals surface area (Å²) in [6.07, 6.45) is -0.0823. The number of ether oxygens (including phenoxy) is 3. The van der Waals surface area contributed by atoms with Gasteiger partial charge in [0.25, 0.3) is 5.56 Å². The third-order valence-electron chi connectivity index (χ3n) is 3.54. The Hall–Kier alpha value is -1.68. The van der Waals surface area contributed by atoms with Crippen molar-refractivity contribution in [2.24, 2.45) is 11.7 Å². The summed E-state index contributed by atoms with van der Waals surface area (Å²) in [7, 11) is 0. The van der Waals surface area contributed by atoms with Gasteiger partial charge in [-0.3, -0.25) is 19.1 Å². The molecule has 0 amide bonds. The van der Waals surface area contributed by atoms with Crippen LogP contribution in [0.1, 0.15) is 25.6 Å². The minimum absolute atomic E-state index is 0. The number of rotatable bonds is 5.